The normalized spacial score (nSPS) is 18.5. The number of aromatic nitrogens is 2. The maximum absolute atomic E-state index is 13.2. The summed E-state index contributed by atoms with van der Waals surface area (Å²) in [6.45, 7) is 2.31. The molecule has 1 amide bonds. The summed E-state index contributed by atoms with van der Waals surface area (Å²) in [7, 11) is 0. The standard InChI is InChI=1S/C20H19F6N3O3/c1-18(2)15(6-16(30)32-18)17(31)29(9-14-7-27-10-28-14)8-11-3-12(19(21,22)23)5-13(4-11)20(24,25)26/h3-5,7,10,15H,6,8-9H2,1-2H3,(H,27,28). The van der Waals surface area contributed by atoms with Gasteiger partial charge in [-0.15, -0.1) is 0 Å². The Bertz CT molecular complexity index is 967. The molecule has 1 aliphatic rings. The Morgan fingerprint density at radius 1 is 1.12 bits per heavy atom. The summed E-state index contributed by atoms with van der Waals surface area (Å²) in [5, 5.41) is 0. The van der Waals surface area contributed by atoms with Crippen LogP contribution in [0, 0.1) is 5.92 Å². The first-order valence-corrected chi connectivity index (χ1v) is 9.43. The Morgan fingerprint density at radius 3 is 2.16 bits per heavy atom. The number of carbonyl (C=O) groups excluding carboxylic acids is 2. The number of alkyl halides is 6. The van der Waals surface area contributed by atoms with Crippen molar-refractivity contribution in [3.8, 4) is 0 Å². The number of hydrogen-bond donors (Lipinski definition) is 1. The number of nitrogens with zero attached hydrogens (tertiary/aromatic N) is 2. The Hall–Kier alpha value is -3.05. The highest BCUT2D eigenvalue weighted by molar-refractivity contribution is 5.87. The quantitative estimate of drug-likeness (QED) is 0.530. The molecule has 1 aliphatic heterocycles. The van der Waals surface area contributed by atoms with E-state index in [-0.39, 0.29) is 24.6 Å². The van der Waals surface area contributed by atoms with Crippen LogP contribution in [0.5, 0.6) is 0 Å². The van der Waals surface area contributed by atoms with Crippen molar-refractivity contribution in [2.24, 2.45) is 5.92 Å². The van der Waals surface area contributed by atoms with Gasteiger partial charge in [0.2, 0.25) is 5.91 Å². The number of H-pyrrole nitrogens is 1. The number of hydrogen-bond acceptors (Lipinski definition) is 4. The van der Waals surface area contributed by atoms with Crippen LogP contribution in [0.1, 0.15) is 42.7 Å². The Labute approximate surface area is 178 Å². The van der Waals surface area contributed by atoms with E-state index in [9.17, 15) is 35.9 Å². The van der Waals surface area contributed by atoms with E-state index in [2.05, 4.69) is 9.97 Å². The molecule has 1 N–H and O–H groups in total. The summed E-state index contributed by atoms with van der Waals surface area (Å²) in [6.07, 6.45) is -7.59. The van der Waals surface area contributed by atoms with Crippen LogP contribution in [0.4, 0.5) is 26.3 Å². The lowest BCUT2D eigenvalue weighted by atomic mass is 9.89. The molecule has 0 saturated carbocycles. The zero-order chi connectivity index (χ0) is 23.9. The Balaban J connectivity index is 1.99. The minimum absolute atomic E-state index is 0.0249. The van der Waals surface area contributed by atoms with Crippen LogP contribution in [0.3, 0.4) is 0 Å². The van der Waals surface area contributed by atoms with E-state index >= 15 is 0 Å². The maximum Gasteiger partial charge on any atom is 0.416 e. The first-order chi connectivity index (χ1) is 14.7. The van der Waals surface area contributed by atoms with Gasteiger partial charge in [-0.05, 0) is 37.6 Å². The van der Waals surface area contributed by atoms with E-state index in [0.29, 0.717) is 17.8 Å². The van der Waals surface area contributed by atoms with E-state index < -0.39 is 53.4 Å². The number of nitrogens with one attached hydrogen (secondary N) is 1. The summed E-state index contributed by atoms with van der Waals surface area (Å²) >= 11 is 0. The third kappa shape index (κ3) is 5.22. The number of ether oxygens (including phenoxy) is 1. The fourth-order valence-corrected chi connectivity index (χ4v) is 3.54. The second-order valence-electron chi connectivity index (χ2n) is 8.02. The monoisotopic (exact) mass is 463 g/mol. The molecule has 2 heterocycles. The molecule has 0 bridgehead atoms. The van der Waals surface area contributed by atoms with Crippen molar-refractivity contribution in [2.45, 2.75) is 51.3 Å². The zero-order valence-corrected chi connectivity index (χ0v) is 17.0. The number of rotatable bonds is 5. The lowest BCUT2D eigenvalue weighted by Gasteiger charge is -2.30. The van der Waals surface area contributed by atoms with Gasteiger partial charge in [0.1, 0.15) is 5.60 Å². The molecule has 1 saturated heterocycles. The zero-order valence-electron chi connectivity index (χ0n) is 17.0. The van der Waals surface area contributed by atoms with Gasteiger partial charge in [-0.3, -0.25) is 9.59 Å². The maximum atomic E-state index is 13.2. The van der Waals surface area contributed by atoms with E-state index in [0.717, 1.165) is 4.90 Å². The minimum Gasteiger partial charge on any atom is -0.459 e. The number of carbonyl (C=O) groups is 2. The van der Waals surface area contributed by atoms with Crippen LogP contribution >= 0.6 is 0 Å². The summed E-state index contributed by atoms with van der Waals surface area (Å²) in [4.78, 5) is 32.6. The number of amides is 1. The van der Waals surface area contributed by atoms with Gasteiger partial charge in [-0.25, -0.2) is 4.98 Å². The Kier molecular flexibility index (Phi) is 6.00. The lowest BCUT2D eigenvalue weighted by molar-refractivity contribution is -0.149. The fraction of sp³-hybridized carbons (Fsp3) is 0.450. The van der Waals surface area contributed by atoms with Crippen LogP contribution in [0.15, 0.2) is 30.7 Å². The van der Waals surface area contributed by atoms with Crippen LogP contribution in [-0.2, 0) is 39.8 Å². The first kappa shape index (κ1) is 23.6. The molecule has 0 aliphatic carbocycles. The second kappa shape index (κ2) is 8.14. The number of imidazole rings is 1. The largest absolute Gasteiger partial charge is 0.459 e. The third-order valence-corrected chi connectivity index (χ3v) is 5.13. The van der Waals surface area contributed by atoms with Gasteiger partial charge in [-0.1, -0.05) is 0 Å². The van der Waals surface area contributed by atoms with Crippen LogP contribution in [0.2, 0.25) is 0 Å². The van der Waals surface area contributed by atoms with E-state index in [4.69, 9.17) is 4.74 Å². The molecule has 32 heavy (non-hydrogen) atoms. The first-order valence-electron chi connectivity index (χ1n) is 9.43. The van der Waals surface area contributed by atoms with Crippen molar-refractivity contribution in [1.29, 1.82) is 0 Å². The van der Waals surface area contributed by atoms with E-state index in [1.807, 2.05) is 0 Å². The third-order valence-electron chi connectivity index (χ3n) is 5.13. The molecule has 1 fully saturated rings. The number of esters is 1. The van der Waals surface area contributed by atoms with Crippen LogP contribution < -0.4 is 0 Å². The molecule has 6 nitrogen and oxygen atoms in total. The second-order valence-corrected chi connectivity index (χ2v) is 8.02. The molecule has 3 rings (SSSR count). The van der Waals surface area contributed by atoms with Crippen molar-refractivity contribution in [2.75, 3.05) is 0 Å². The van der Waals surface area contributed by atoms with E-state index in [1.54, 1.807) is 0 Å². The molecule has 1 atom stereocenters. The smallest absolute Gasteiger partial charge is 0.416 e. The predicted molar refractivity (Wildman–Crippen MR) is 97.6 cm³/mol. The molecule has 0 radical (unpaired) electrons. The van der Waals surface area contributed by atoms with Crippen LogP contribution in [-0.4, -0.2) is 32.3 Å². The molecule has 12 heteroatoms. The van der Waals surface area contributed by atoms with Gasteiger partial charge < -0.3 is 14.6 Å². The van der Waals surface area contributed by atoms with Crippen molar-refractivity contribution in [3.05, 3.63) is 53.1 Å². The highest BCUT2D eigenvalue weighted by atomic mass is 19.4. The summed E-state index contributed by atoms with van der Waals surface area (Å²) in [6, 6.07) is 1.17. The van der Waals surface area contributed by atoms with Gasteiger partial charge in [-0.2, -0.15) is 26.3 Å². The van der Waals surface area contributed by atoms with Crippen LogP contribution in [0.25, 0.3) is 0 Å². The molecular weight excluding hydrogens is 444 g/mol. The fourth-order valence-electron chi connectivity index (χ4n) is 3.54. The minimum atomic E-state index is -5.01. The predicted octanol–water partition coefficient (Wildman–Crippen LogP) is 4.32. The van der Waals surface area contributed by atoms with Gasteiger partial charge in [0, 0.05) is 12.7 Å². The summed E-state index contributed by atoms with van der Waals surface area (Å²) < 4.78 is 84.4. The molecule has 1 aromatic carbocycles. The van der Waals surface area contributed by atoms with E-state index in [1.165, 1.54) is 26.4 Å². The number of halogens is 6. The molecule has 0 spiro atoms. The van der Waals surface area contributed by atoms with Crippen molar-refractivity contribution >= 4 is 11.9 Å². The topological polar surface area (TPSA) is 75.3 Å². The molecule has 1 unspecified atom stereocenters. The van der Waals surface area contributed by atoms with Gasteiger partial charge >= 0.3 is 18.3 Å². The Morgan fingerprint density at radius 2 is 1.72 bits per heavy atom. The number of cyclic esters (lactones) is 1. The van der Waals surface area contributed by atoms with Crippen molar-refractivity contribution in [3.63, 3.8) is 0 Å². The highest BCUT2D eigenvalue weighted by Gasteiger charge is 2.47. The summed E-state index contributed by atoms with van der Waals surface area (Å²) in [5.74, 6) is -2.21. The number of aromatic amines is 1. The van der Waals surface area contributed by atoms with Crippen molar-refractivity contribution < 1.29 is 40.7 Å². The molecule has 1 aromatic heterocycles. The molecule has 174 valence electrons. The SMILES string of the molecule is CC1(C)OC(=O)CC1C(=O)N(Cc1cc(C(F)(F)F)cc(C(F)(F)F)c1)Cc1cnc[nH]1. The van der Waals surface area contributed by atoms with Gasteiger partial charge in [0.25, 0.3) is 0 Å². The lowest BCUT2D eigenvalue weighted by Crippen LogP contribution is -2.42. The summed E-state index contributed by atoms with van der Waals surface area (Å²) in [5.41, 5.74) is -4.08. The highest BCUT2D eigenvalue weighted by Crippen LogP contribution is 2.38. The van der Waals surface area contributed by atoms with Crippen molar-refractivity contribution in [1.82, 2.24) is 14.9 Å². The molecule has 2 aromatic rings. The van der Waals surface area contributed by atoms with Gasteiger partial charge in [0.05, 0.1) is 42.0 Å². The average molecular weight is 463 g/mol. The average Bonchev–Trinajstić information content (AvgIpc) is 3.25. The molecular formula is C20H19F6N3O3. The number of benzene rings is 1. The van der Waals surface area contributed by atoms with Gasteiger partial charge in [0.15, 0.2) is 0 Å².